The molecule has 0 radical (unpaired) electrons. The lowest BCUT2D eigenvalue weighted by Crippen LogP contribution is -2.54. The van der Waals surface area contributed by atoms with Gasteiger partial charge in [0.2, 0.25) is 5.91 Å². The fourth-order valence-electron chi connectivity index (χ4n) is 6.96. The van der Waals surface area contributed by atoms with Gasteiger partial charge in [-0.1, -0.05) is 42.5 Å². The summed E-state index contributed by atoms with van der Waals surface area (Å²) in [6.07, 6.45) is 5.88. The van der Waals surface area contributed by atoms with Gasteiger partial charge in [0.15, 0.2) is 5.60 Å². The van der Waals surface area contributed by atoms with Gasteiger partial charge < -0.3 is 24.8 Å². The van der Waals surface area contributed by atoms with Gasteiger partial charge in [0.1, 0.15) is 5.75 Å². The minimum absolute atomic E-state index is 0.00757. The van der Waals surface area contributed by atoms with Gasteiger partial charge in [0.25, 0.3) is 5.91 Å². The molecule has 240 valence electrons. The average Bonchev–Trinajstić information content (AvgIpc) is 3.82. The van der Waals surface area contributed by atoms with E-state index in [0.717, 1.165) is 78.6 Å². The normalized spacial score (nSPS) is 18.9. The van der Waals surface area contributed by atoms with Crippen molar-refractivity contribution in [3.63, 3.8) is 0 Å². The van der Waals surface area contributed by atoms with E-state index >= 15 is 0 Å². The van der Waals surface area contributed by atoms with Crippen LogP contribution in [0.25, 0.3) is 22.0 Å². The largest absolute Gasteiger partial charge is 0.478 e. The maximum Gasteiger partial charge on any atom is 0.266 e. The molecule has 3 aromatic carbocycles. The van der Waals surface area contributed by atoms with Crippen molar-refractivity contribution in [3.05, 3.63) is 78.5 Å². The van der Waals surface area contributed by atoms with Crippen LogP contribution in [0.2, 0.25) is 0 Å². The summed E-state index contributed by atoms with van der Waals surface area (Å²) < 4.78 is 6.30. The van der Waals surface area contributed by atoms with Crippen LogP contribution >= 0.6 is 0 Å². The molecule has 3 heterocycles. The second-order valence-electron chi connectivity index (χ2n) is 13.5. The van der Waals surface area contributed by atoms with Crippen LogP contribution in [0.4, 0.5) is 5.69 Å². The third kappa shape index (κ3) is 6.47. The molecule has 2 N–H and O–H groups in total. The zero-order chi connectivity index (χ0) is 31.7. The van der Waals surface area contributed by atoms with Crippen molar-refractivity contribution in [3.8, 4) is 16.9 Å². The standard InChI is InChI=1S/C37H44N6O3/c1-37(2,36(45)41-20-17-38-18-21-41)46-31-8-3-7-30(22-31)42-19-5-6-28(25-42)35(44)43(29-15-16-29)24-26-11-13-27(14-12-26)32-9-4-10-34-33(32)23-39-40-34/h3-4,7-14,22-23,28-29,38H,5-6,15-21,24-25H2,1-2H3,(H,39,40)/t28-/m1/s1. The molecular formula is C37H44N6O3. The number of piperazine rings is 1. The number of fused-ring (bicyclic) bond motifs is 1. The summed E-state index contributed by atoms with van der Waals surface area (Å²) in [6.45, 7) is 8.91. The zero-order valence-electron chi connectivity index (χ0n) is 26.9. The van der Waals surface area contributed by atoms with Gasteiger partial charge in [-0.15, -0.1) is 0 Å². The van der Waals surface area contributed by atoms with Crippen molar-refractivity contribution >= 4 is 28.4 Å². The molecule has 2 saturated heterocycles. The van der Waals surface area contributed by atoms with E-state index in [4.69, 9.17) is 4.74 Å². The molecule has 7 rings (SSSR count). The molecule has 2 amide bonds. The van der Waals surface area contributed by atoms with E-state index in [1.165, 1.54) is 0 Å². The van der Waals surface area contributed by atoms with Gasteiger partial charge >= 0.3 is 0 Å². The first-order valence-electron chi connectivity index (χ1n) is 16.7. The average molecular weight is 621 g/mol. The summed E-state index contributed by atoms with van der Waals surface area (Å²) in [6, 6.07) is 23.1. The lowest BCUT2D eigenvalue weighted by atomic mass is 9.95. The summed E-state index contributed by atoms with van der Waals surface area (Å²) in [4.78, 5) is 33.6. The number of rotatable bonds is 9. The van der Waals surface area contributed by atoms with E-state index in [9.17, 15) is 9.59 Å². The number of aromatic amines is 1. The first-order chi connectivity index (χ1) is 22.4. The zero-order valence-corrected chi connectivity index (χ0v) is 26.9. The van der Waals surface area contributed by atoms with Gasteiger partial charge in [-0.25, -0.2) is 0 Å². The van der Waals surface area contributed by atoms with Gasteiger partial charge in [0.05, 0.1) is 17.6 Å². The maximum atomic E-state index is 14.1. The Hall–Kier alpha value is -4.37. The first-order valence-corrected chi connectivity index (χ1v) is 16.7. The number of amides is 2. The summed E-state index contributed by atoms with van der Waals surface area (Å²) in [5, 5.41) is 11.7. The SMILES string of the molecule is CC(C)(Oc1cccc(N2CCC[C@@H](C(=O)N(Cc3ccc(-c4cccc5[nH]ncc45)cc3)C3CC3)C2)c1)C(=O)N1CCNCC1. The minimum Gasteiger partial charge on any atom is -0.478 e. The molecule has 0 bridgehead atoms. The summed E-state index contributed by atoms with van der Waals surface area (Å²) in [7, 11) is 0. The van der Waals surface area contributed by atoms with Crippen molar-refractivity contribution in [2.24, 2.45) is 5.92 Å². The van der Waals surface area contributed by atoms with Crippen molar-refractivity contribution < 1.29 is 14.3 Å². The van der Waals surface area contributed by atoms with E-state index in [1.54, 1.807) is 0 Å². The topological polar surface area (TPSA) is 93.8 Å². The third-order valence-corrected chi connectivity index (χ3v) is 9.62. The lowest BCUT2D eigenvalue weighted by molar-refractivity contribution is -0.146. The molecule has 1 aromatic heterocycles. The predicted octanol–water partition coefficient (Wildman–Crippen LogP) is 5.23. The molecule has 9 nitrogen and oxygen atoms in total. The van der Waals surface area contributed by atoms with Crippen LogP contribution in [0.1, 0.15) is 45.1 Å². The van der Waals surface area contributed by atoms with E-state index in [-0.39, 0.29) is 17.7 Å². The molecule has 2 aliphatic heterocycles. The Morgan fingerprint density at radius 2 is 1.76 bits per heavy atom. The fraction of sp³-hybridized carbons (Fsp3) is 0.432. The Bertz CT molecular complexity index is 1690. The van der Waals surface area contributed by atoms with Gasteiger partial charge in [-0.05, 0) is 74.4 Å². The van der Waals surface area contributed by atoms with Crippen molar-refractivity contribution in [1.82, 2.24) is 25.3 Å². The molecule has 1 atom stereocenters. The van der Waals surface area contributed by atoms with Crippen molar-refractivity contribution in [2.45, 2.75) is 57.7 Å². The molecule has 3 fully saturated rings. The Morgan fingerprint density at radius 1 is 0.978 bits per heavy atom. The fourth-order valence-corrected chi connectivity index (χ4v) is 6.96. The molecule has 46 heavy (non-hydrogen) atoms. The molecule has 9 heteroatoms. The molecule has 0 spiro atoms. The van der Waals surface area contributed by atoms with Gasteiger partial charge in [-0.2, -0.15) is 5.10 Å². The van der Waals surface area contributed by atoms with Crippen LogP contribution in [0.3, 0.4) is 0 Å². The number of ether oxygens (including phenoxy) is 1. The Morgan fingerprint density at radius 3 is 2.54 bits per heavy atom. The molecule has 1 saturated carbocycles. The number of nitrogens with zero attached hydrogens (tertiary/aromatic N) is 4. The quantitative estimate of drug-likeness (QED) is 0.266. The van der Waals surface area contributed by atoms with Crippen LogP contribution in [0, 0.1) is 5.92 Å². The Kier molecular flexibility index (Phi) is 8.42. The number of nitrogens with one attached hydrogen (secondary N) is 2. The van der Waals surface area contributed by atoms with E-state index in [0.29, 0.717) is 38.0 Å². The van der Waals surface area contributed by atoms with Crippen LogP contribution in [-0.2, 0) is 16.1 Å². The third-order valence-electron chi connectivity index (χ3n) is 9.62. The second kappa shape index (κ2) is 12.8. The van der Waals surface area contributed by atoms with Gasteiger partial charge in [-0.3, -0.25) is 14.7 Å². The van der Waals surface area contributed by atoms with Crippen LogP contribution < -0.4 is 15.0 Å². The Balaban J connectivity index is 1.01. The number of benzene rings is 3. The highest BCUT2D eigenvalue weighted by atomic mass is 16.5. The first kappa shape index (κ1) is 30.3. The highest BCUT2D eigenvalue weighted by molar-refractivity contribution is 5.94. The molecule has 3 aliphatic rings. The van der Waals surface area contributed by atoms with Crippen molar-refractivity contribution in [1.29, 1.82) is 0 Å². The molecule has 0 unspecified atom stereocenters. The number of H-pyrrole nitrogens is 1. The maximum absolute atomic E-state index is 14.1. The van der Waals surface area contributed by atoms with Crippen LogP contribution in [-0.4, -0.2) is 82.7 Å². The number of hydrogen-bond acceptors (Lipinski definition) is 6. The summed E-state index contributed by atoms with van der Waals surface area (Å²) in [5.74, 6) is 0.886. The summed E-state index contributed by atoms with van der Waals surface area (Å²) >= 11 is 0. The number of hydrogen-bond donors (Lipinski definition) is 2. The number of carbonyl (C=O) groups is 2. The van der Waals surface area contributed by atoms with E-state index in [2.05, 4.69) is 61.7 Å². The number of piperidine rings is 1. The number of aromatic nitrogens is 2. The van der Waals surface area contributed by atoms with Crippen LogP contribution in [0.5, 0.6) is 5.75 Å². The predicted molar refractivity (Wildman–Crippen MR) is 181 cm³/mol. The number of carbonyl (C=O) groups excluding carboxylic acids is 2. The van der Waals surface area contributed by atoms with Crippen molar-refractivity contribution in [2.75, 3.05) is 44.2 Å². The van der Waals surface area contributed by atoms with E-state index < -0.39 is 5.60 Å². The monoisotopic (exact) mass is 620 g/mol. The van der Waals surface area contributed by atoms with E-state index in [1.807, 2.05) is 55.3 Å². The highest BCUT2D eigenvalue weighted by Crippen LogP contribution is 2.34. The second-order valence-corrected chi connectivity index (χ2v) is 13.5. The Labute approximate surface area is 270 Å². The molecule has 1 aliphatic carbocycles. The minimum atomic E-state index is -0.966. The molecule has 4 aromatic rings. The summed E-state index contributed by atoms with van der Waals surface area (Å²) in [5.41, 5.74) is 4.54. The lowest BCUT2D eigenvalue weighted by Gasteiger charge is -2.37. The number of anilines is 1. The smallest absolute Gasteiger partial charge is 0.266 e. The molecular weight excluding hydrogens is 576 g/mol. The van der Waals surface area contributed by atoms with Gasteiger partial charge in [0, 0.05) is 69.0 Å². The highest BCUT2D eigenvalue weighted by Gasteiger charge is 2.38. The van der Waals surface area contributed by atoms with Crippen LogP contribution in [0.15, 0.2) is 72.9 Å².